The van der Waals surface area contributed by atoms with E-state index in [4.69, 9.17) is 9.72 Å². The molecule has 5 rings (SSSR count). The number of benzene rings is 2. The lowest BCUT2D eigenvalue weighted by Crippen LogP contribution is -2.43. The first-order valence-electron chi connectivity index (χ1n) is 10.3. The summed E-state index contributed by atoms with van der Waals surface area (Å²) in [6.45, 7) is 1.87. The van der Waals surface area contributed by atoms with Crippen molar-refractivity contribution < 1.29 is 14.3 Å². The maximum atomic E-state index is 12.9. The van der Waals surface area contributed by atoms with Crippen molar-refractivity contribution in [1.29, 1.82) is 0 Å². The molecule has 1 saturated heterocycles. The predicted molar refractivity (Wildman–Crippen MR) is 117 cm³/mol. The summed E-state index contributed by atoms with van der Waals surface area (Å²) in [5.74, 6) is 0.967. The number of amides is 2. The van der Waals surface area contributed by atoms with Gasteiger partial charge in [-0.15, -0.1) is 11.3 Å². The van der Waals surface area contributed by atoms with Gasteiger partial charge < -0.3 is 14.5 Å². The molecule has 6 nitrogen and oxygen atoms in total. The Bertz CT molecular complexity index is 1060. The Morgan fingerprint density at radius 3 is 2.90 bits per heavy atom. The molecule has 0 bridgehead atoms. The zero-order valence-electron chi connectivity index (χ0n) is 16.6. The van der Waals surface area contributed by atoms with Gasteiger partial charge in [0.2, 0.25) is 5.91 Å². The van der Waals surface area contributed by atoms with Gasteiger partial charge in [-0.05, 0) is 37.1 Å². The van der Waals surface area contributed by atoms with Crippen LogP contribution in [0, 0.1) is 0 Å². The Kier molecular flexibility index (Phi) is 5.12. The van der Waals surface area contributed by atoms with Crippen molar-refractivity contribution in [3.8, 4) is 5.75 Å². The van der Waals surface area contributed by atoms with Crippen LogP contribution in [0.5, 0.6) is 5.75 Å². The number of thiazole rings is 1. The molecule has 30 heavy (non-hydrogen) atoms. The molecule has 1 atom stereocenters. The number of nitrogens with zero attached hydrogens (tertiary/aromatic N) is 3. The molecule has 3 heterocycles. The highest BCUT2D eigenvalue weighted by Crippen LogP contribution is 2.34. The van der Waals surface area contributed by atoms with Gasteiger partial charge in [0.25, 0.3) is 5.91 Å². The summed E-state index contributed by atoms with van der Waals surface area (Å²) < 4.78 is 6.68. The lowest BCUT2D eigenvalue weighted by Gasteiger charge is -2.33. The summed E-state index contributed by atoms with van der Waals surface area (Å²) in [5.41, 5.74) is 1.78. The minimum atomic E-state index is -0.104. The molecular weight excluding hydrogens is 398 g/mol. The summed E-state index contributed by atoms with van der Waals surface area (Å²) in [6, 6.07) is 15.7. The second kappa shape index (κ2) is 8.07. The number of likely N-dealkylation sites (tertiary alicyclic amines) is 1. The van der Waals surface area contributed by atoms with Crippen molar-refractivity contribution in [2.75, 3.05) is 31.1 Å². The van der Waals surface area contributed by atoms with Crippen molar-refractivity contribution in [3.63, 3.8) is 0 Å². The van der Waals surface area contributed by atoms with E-state index in [0.717, 1.165) is 35.6 Å². The molecule has 2 aliphatic heterocycles. The summed E-state index contributed by atoms with van der Waals surface area (Å²) in [5, 5.41) is 1.12. The van der Waals surface area contributed by atoms with Crippen molar-refractivity contribution in [2.24, 2.45) is 0 Å². The second-order valence-corrected chi connectivity index (χ2v) is 8.81. The molecule has 1 fully saturated rings. The van der Waals surface area contributed by atoms with Crippen molar-refractivity contribution in [3.05, 3.63) is 53.5 Å². The number of anilines is 1. The third-order valence-electron chi connectivity index (χ3n) is 5.79. The fourth-order valence-corrected chi connectivity index (χ4v) is 5.33. The van der Waals surface area contributed by atoms with E-state index in [-0.39, 0.29) is 24.3 Å². The Morgan fingerprint density at radius 1 is 1.17 bits per heavy atom. The van der Waals surface area contributed by atoms with Crippen molar-refractivity contribution in [1.82, 2.24) is 9.88 Å². The maximum Gasteiger partial charge on any atom is 0.265 e. The van der Waals surface area contributed by atoms with Crippen LogP contribution >= 0.6 is 11.3 Å². The summed E-state index contributed by atoms with van der Waals surface area (Å²) >= 11 is 1.73. The SMILES string of the molecule is O=C(CCN1C(=O)COc2ccccc21)N1CCC[C@@H](c2nc3ccccc3s2)C1. The molecule has 0 radical (unpaired) electrons. The number of ether oxygens (including phenoxy) is 1. The first kappa shape index (κ1) is 19.1. The number of hydrogen-bond acceptors (Lipinski definition) is 5. The topological polar surface area (TPSA) is 62.7 Å². The van der Waals surface area contributed by atoms with Crippen LogP contribution in [0.25, 0.3) is 10.2 Å². The molecule has 0 spiro atoms. The van der Waals surface area contributed by atoms with Crippen molar-refractivity contribution >= 4 is 39.1 Å². The number of hydrogen-bond donors (Lipinski definition) is 0. The molecule has 0 unspecified atom stereocenters. The highest BCUT2D eigenvalue weighted by Gasteiger charge is 2.29. The second-order valence-electron chi connectivity index (χ2n) is 7.75. The molecule has 3 aromatic rings. The fourth-order valence-electron chi connectivity index (χ4n) is 4.23. The normalized spacial score (nSPS) is 18.9. The minimum absolute atomic E-state index is 0.0224. The minimum Gasteiger partial charge on any atom is -0.482 e. The van der Waals surface area contributed by atoms with E-state index < -0.39 is 0 Å². The first-order valence-corrected chi connectivity index (χ1v) is 11.2. The summed E-state index contributed by atoms with van der Waals surface area (Å²) in [7, 11) is 0. The number of carbonyl (C=O) groups is 2. The van der Waals surface area contributed by atoms with E-state index in [1.54, 1.807) is 16.2 Å². The van der Waals surface area contributed by atoms with Crippen LogP contribution in [0.4, 0.5) is 5.69 Å². The maximum absolute atomic E-state index is 12.9. The number of para-hydroxylation sites is 3. The molecule has 0 aliphatic carbocycles. The number of fused-ring (bicyclic) bond motifs is 2. The molecule has 0 N–H and O–H groups in total. The zero-order valence-corrected chi connectivity index (χ0v) is 17.4. The van der Waals surface area contributed by atoms with Crippen LogP contribution in [-0.2, 0) is 9.59 Å². The average molecular weight is 422 g/mol. The van der Waals surface area contributed by atoms with Gasteiger partial charge in [-0.3, -0.25) is 9.59 Å². The van der Waals surface area contributed by atoms with Gasteiger partial charge in [0.15, 0.2) is 6.61 Å². The fraction of sp³-hybridized carbons (Fsp3) is 0.348. The van der Waals surface area contributed by atoms with E-state index in [9.17, 15) is 9.59 Å². The van der Waals surface area contributed by atoms with E-state index in [1.165, 1.54) is 4.70 Å². The molecule has 2 aromatic carbocycles. The number of rotatable bonds is 4. The monoisotopic (exact) mass is 421 g/mol. The number of piperidine rings is 1. The van der Waals surface area contributed by atoms with E-state index in [1.807, 2.05) is 47.4 Å². The first-order chi connectivity index (χ1) is 14.7. The molecule has 154 valence electrons. The van der Waals surface area contributed by atoms with Gasteiger partial charge >= 0.3 is 0 Å². The largest absolute Gasteiger partial charge is 0.482 e. The molecule has 2 aliphatic rings. The Labute approximate surface area is 179 Å². The standard InChI is InChI=1S/C23H23N3O3S/c27-21(11-13-26-18-8-2-3-9-19(18)29-15-22(26)28)25-12-5-6-16(14-25)23-24-17-7-1-4-10-20(17)30-23/h1-4,7-10,16H,5-6,11-15H2/t16-/m1/s1. The number of carbonyl (C=O) groups excluding carboxylic acids is 2. The molecule has 7 heteroatoms. The predicted octanol–water partition coefficient (Wildman–Crippen LogP) is 3.82. The highest BCUT2D eigenvalue weighted by molar-refractivity contribution is 7.18. The van der Waals surface area contributed by atoms with Crippen LogP contribution in [-0.4, -0.2) is 47.9 Å². The quantitative estimate of drug-likeness (QED) is 0.643. The van der Waals surface area contributed by atoms with Gasteiger partial charge in [-0.2, -0.15) is 0 Å². The lowest BCUT2D eigenvalue weighted by atomic mass is 9.98. The Hall–Kier alpha value is -2.93. The van der Waals surface area contributed by atoms with Gasteiger partial charge in [0, 0.05) is 32.0 Å². The molecule has 1 aromatic heterocycles. The summed E-state index contributed by atoms with van der Waals surface area (Å²) in [6.07, 6.45) is 2.34. The van der Waals surface area contributed by atoms with Gasteiger partial charge in [-0.1, -0.05) is 24.3 Å². The zero-order chi connectivity index (χ0) is 20.5. The van der Waals surface area contributed by atoms with Gasteiger partial charge in [0.1, 0.15) is 5.75 Å². The van der Waals surface area contributed by atoms with Crippen LogP contribution in [0.3, 0.4) is 0 Å². The smallest absolute Gasteiger partial charge is 0.265 e. The van der Waals surface area contributed by atoms with Crippen LogP contribution < -0.4 is 9.64 Å². The van der Waals surface area contributed by atoms with Crippen LogP contribution in [0.2, 0.25) is 0 Å². The molecule has 0 saturated carbocycles. The van der Waals surface area contributed by atoms with Gasteiger partial charge in [-0.25, -0.2) is 4.98 Å². The van der Waals surface area contributed by atoms with Crippen LogP contribution in [0.15, 0.2) is 48.5 Å². The lowest BCUT2D eigenvalue weighted by molar-refractivity contribution is -0.132. The Morgan fingerprint density at radius 2 is 2.00 bits per heavy atom. The highest BCUT2D eigenvalue weighted by atomic mass is 32.1. The van der Waals surface area contributed by atoms with Gasteiger partial charge in [0.05, 0.1) is 20.9 Å². The van der Waals surface area contributed by atoms with E-state index in [0.29, 0.717) is 25.3 Å². The Balaban J connectivity index is 1.25. The summed E-state index contributed by atoms with van der Waals surface area (Å²) in [4.78, 5) is 33.7. The van der Waals surface area contributed by atoms with Crippen molar-refractivity contribution in [2.45, 2.75) is 25.2 Å². The number of aromatic nitrogens is 1. The van der Waals surface area contributed by atoms with Crippen LogP contribution in [0.1, 0.15) is 30.2 Å². The molecule has 2 amide bonds. The van der Waals surface area contributed by atoms with E-state index in [2.05, 4.69) is 6.07 Å². The third-order valence-corrected chi connectivity index (χ3v) is 6.99. The third kappa shape index (κ3) is 3.65. The molecular formula is C23H23N3O3S. The van der Waals surface area contributed by atoms with E-state index >= 15 is 0 Å². The average Bonchev–Trinajstić information content (AvgIpc) is 3.23.